The Bertz CT molecular complexity index is 1040. The number of benzene rings is 2. The van der Waals surface area contributed by atoms with Crippen molar-refractivity contribution in [2.24, 2.45) is 0 Å². The van der Waals surface area contributed by atoms with Crippen LogP contribution in [0.2, 0.25) is 0 Å². The molecule has 28 heavy (non-hydrogen) atoms. The number of nitrogens with one attached hydrogen (secondary N) is 3. The third kappa shape index (κ3) is 3.21. The molecule has 1 aliphatic rings. The Morgan fingerprint density at radius 3 is 2.64 bits per heavy atom. The maximum atomic E-state index is 12.7. The van der Waals surface area contributed by atoms with Gasteiger partial charge in [0.1, 0.15) is 0 Å². The largest absolute Gasteiger partial charge is 0.343 e. The Labute approximate surface area is 166 Å². The quantitative estimate of drug-likeness (QED) is 0.648. The number of carbonyl (C=O) groups is 1. The first kappa shape index (κ1) is 18.7. The van der Waals surface area contributed by atoms with E-state index in [2.05, 4.69) is 65.8 Å². The minimum absolute atomic E-state index is 0.0455. The number of aryl methyl sites for hydroxylation is 4. The number of hydrogen-bond donors (Lipinski definition) is 3. The van der Waals surface area contributed by atoms with Gasteiger partial charge in [-0.1, -0.05) is 24.3 Å². The second-order valence-electron chi connectivity index (χ2n) is 7.67. The van der Waals surface area contributed by atoms with E-state index in [0.717, 1.165) is 18.5 Å². The lowest BCUT2D eigenvalue weighted by atomic mass is 10.0. The molecule has 1 aromatic heterocycles. The molecule has 0 radical (unpaired) electrons. The SMILES string of the molecule is CCn1c(C2CC(NC(=O)c3ccc(C)c(C)c3)NN2)c(C)c2ccccc21. The van der Waals surface area contributed by atoms with Crippen molar-refractivity contribution in [3.05, 3.63) is 70.4 Å². The van der Waals surface area contributed by atoms with Gasteiger partial charge >= 0.3 is 0 Å². The second-order valence-corrected chi connectivity index (χ2v) is 7.67. The van der Waals surface area contributed by atoms with Crippen molar-refractivity contribution in [1.29, 1.82) is 0 Å². The van der Waals surface area contributed by atoms with Crippen molar-refractivity contribution in [1.82, 2.24) is 20.7 Å². The van der Waals surface area contributed by atoms with E-state index in [9.17, 15) is 4.79 Å². The van der Waals surface area contributed by atoms with E-state index in [1.54, 1.807) is 0 Å². The van der Waals surface area contributed by atoms with Gasteiger partial charge in [0.2, 0.25) is 0 Å². The molecule has 3 N–H and O–H groups in total. The number of fused-ring (bicyclic) bond motifs is 1. The number of rotatable bonds is 4. The molecule has 0 spiro atoms. The number of nitrogens with zero attached hydrogens (tertiary/aromatic N) is 1. The van der Waals surface area contributed by atoms with Crippen LogP contribution >= 0.6 is 0 Å². The van der Waals surface area contributed by atoms with Crippen molar-refractivity contribution in [3.8, 4) is 0 Å². The molecule has 3 aromatic rings. The second kappa shape index (κ2) is 7.41. The minimum atomic E-state index is -0.109. The van der Waals surface area contributed by atoms with Crippen LogP contribution < -0.4 is 16.2 Å². The summed E-state index contributed by atoms with van der Waals surface area (Å²) in [6, 6.07) is 14.5. The fourth-order valence-electron chi connectivity index (χ4n) is 4.24. The van der Waals surface area contributed by atoms with Gasteiger partial charge in [-0.2, -0.15) is 0 Å². The molecule has 1 amide bonds. The lowest BCUT2D eigenvalue weighted by molar-refractivity contribution is 0.0932. The average molecular weight is 377 g/mol. The third-order valence-corrected chi connectivity index (χ3v) is 5.90. The first-order valence-corrected chi connectivity index (χ1v) is 9.96. The molecular weight excluding hydrogens is 348 g/mol. The minimum Gasteiger partial charge on any atom is -0.343 e. The molecule has 146 valence electrons. The highest BCUT2D eigenvalue weighted by Crippen LogP contribution is 2.32. The van der Waals surface area contributed by atoms with Crippen LogP contribution in [-0.2, 0) is 6.54 Å². The van der Waals surface area contributed by atoms with Crippen LogP contribution in [0.5, 0.6) is 0 Å². The molecule has 5 nitrogen and oxygen atoms in total. The van der Waals surface area contributed by atoms with E-state index in [4.69, 9.17) is 0 Å². The molecule has 0 saturated carbocycles. The zero-order valence-electron chi connectivity index (χ0n) is 17.0. The molecule has 0 aliphatic carbocycles. The highest BCUT2D eigenvalue weighted by Gasteiger charge is 2.30. The predicted molar refractivity (Wildman–Crippen MR) is 113 cm³/mol. The molecule has 1 saturated heterocycles. The van der Waals surface area contributed by atoms with Crippen molar-refractivity contribution in [3.63, 3.8) is 0 Å². The van der Waals surface area contributed by atoms with Gasteiger partial charge in [-0.25, -0.2) is 10.9 Å². The fourth-order valence-corrected chi connectivity index (χ4v) is 4.24. The van der Waals surface area contributed by atoms with Crippen molar-refractivity contribution in [2.75, 3.05) is 0 Å². The lowest BCUT2D eigenvalue weighted by Gasteiger charge is -2.15. The summed E-state index contributed by atoms with van der Waals surface area (Å²) in [5.41, 5.74) is 13.5. The Balaban J connectivity index is 1.53. The molecular formula is C23H28N4O. The normalized spacial score (nSPS) is 19.3. The van der Waals surface area contributed by atoms with E-state index >= 15 is 0 Å². The summed E-state index contributed by atoms with van der Waals surface area (Å²) in [6.45, 7) is 9.37. The van der Waals surface area contributed by atoms with Crippen LogP contribution in [0, 0.1) is 20.8 Å². The molecule has 1 fully saturated rings. The van der Waals surface area contributed by atoms with Gasteiger partial charge in [0, 0.05) is 35.1 Å². The first-order chi connectivity index (χ1) is 13.5. The molecule has 2 unspecified atom stereocenters. The summed E-state index contributed by atoms with van der Waals surface area (Å²) in [5, 5.41) is 4.41. The van der Waals surface area contributed by atoms with E-state index in [1.165, 1.54) is 27.7 Å². The van der Waals surface area contributed by atoms with Gasteiger partial charge in [0.05, 0.1) is 12.2 Å². The molecule has 2 aromatic carbocycles. The smallest absolute Gasteiger partial charge is 0.252 e. The van der Waals surface area contributed by atoms with Crippen molar-refractivity contribution < 1.29 is 4.79 Å². The summed E-state index contributed by atoms with van der Waals surface area (Å²) in [4.78, 5) is 12.7. The summed E-state index contributed by atoms with van der Waals surface area (Å²) in [7, 11) is 0. The van der Waals surface area contributed by atoms with E-state index in [0.29, 0.717) is 5.56 Å². The molecule has 0 bridgehead atoms. The predicted octanol–water partition coefficient (Wildman–Crippen LogP) is 3.88. The van der Waals surface area contributed by atoms with Gasteiger partial charge in [0.25, 0.3) is 5.91 Å². The zero-order valence-corrected chi connectivity index (χ0v) is 17.0. The van der Waals surface area contributed by atoms with Gasteiger partial charge in [-0.15, -0.1) is 0 Å². The van der Waals surface area contributed by atoms with Crippen LogP contribution in [0.3, 0.4) is 0 Å². The van der Waals surface area contributed by atoms with E-state index in [-0.39, 0.29) is 18.1 Å². The standard InChI is InChI=1S/C23H28N4O/c1-5-27-20-9-7-6-8-18(20)16(4)22(27)19-13-21(26-25-19)24-23(28)17-11-10-14(2)15(3)12-17/h6-12,19,21,25-26H,5,13H2,1-4H3,(H,24,28). The van der Waals surface area contributed by atoms with Crippen LogP contribution in [0.15, 0.2) is 42.5 Å². The maximum absolute atomic E-state index is 12.7. The monoisotopic (exact) mass is 376 g/mol. The fraction of sp³-hybridized carbons (Fsp3) is 0.348. The molecule has 4 rings (SSSR count). The Kier molecular flexibility index (Phi) is 4.96. The number of aromatic nitrogens is 1. The first-order valence-electron chi connectivity index (χ1n) is 9.96. The van der Waals surface area contributed by atoms with Crippen LogP contribution in [0.4, 0.5) is 0 Å². The highest BCUT2D eigenvalue weighted by atomic mass is 16.1. The number of carbonyl (C=O) groups excluding carboxylic acids is 1. The van der Waals surface area contributed by atoms with Gasteiger partial charge in [-0.3, -0.25) is 4.79 Å². The van der Waals surface area contributed by atoms with Crippen LogP contribution in [0.25, 0.3) is 10.9 Å². The van der Waals surface area contributed by atoms with Gasteiger partial charge < -0.3 is 9.88 Å². The average Bonchev–Trinajstić information content (AvgIpc) is 3.26. The van der Waals surface area contributed by atoms with Crippen molar-refractivity contribution in [2.45, 2.75) is 52.9 Å². The summed E-state index contributed by atoms with van der Waals surface area (Å²) in [5.74, 6) is -0.0455. The van der Waals surface area contributed by atoms with Crippen molar-refractivity contribution >= 4 is 16.8 Å². The number of para-hydroxylation sites is 1. The Hall–Kier alpha value is -2.63. The number of amides is 1. The molecule has 2 atom stereocenters. The van der Waals surface area contributed by atoms with Crippen LogP contribution in [0.1, 0.15) is 52.1 Å². The highest BCUT2D eigenvalue weighted by molar-refractivity contribution is 5.94. The van der Waals surface area contributed by atoms with E-state index < -0.39 is 0 Å². The topological polar surface area (TPSA) is 58.1 Å². The lowest BCUT2D eigenvalue weighted by Crippen LogP contribution is -2.44. The summed E-state index contributed by atoms with van der Waals surface area (Å²) in [6.07, 6.45) is 0.690. The number of hydrogen-bond acceptors (Lipinski definition) is 3. The molecule has 5 heteroatoms. The summed E-state index contributed by atoms with van der Waals surface area (Å²) >= 11 is 0. The van der Waals surface area contributed by atoms with Gasteiger partial charge in [0.15, 0.2) is 0 Å². The Morgan fingerprint density at radius 2 is 1.89 bits per heavy atom. The Morgan fingerprint density at radius 1 is 1.11 bits per heavy atom. The molecule has 1 aliphatic heterocycles. The van der Waals surface area contributed by atoms with Gasteiger partial charge in [-0.05, 0) is 62.6 Å². The van der Waals surface area contributed by atoms with E-state index in [1.807, 2.05) is 25.1 Å². The zero-order chi connectivity index (χ0) is 19.8. The van der Waals surface area contributed by atoms with Crippen LogP contribution in [-0.4, -0.2) is 16.6 Å². The maximum Gasteiger partial charge on any atom is 0.252 e. The number of hydrazine groups is 1. The third-order valence-electron chi connectivity index (χ3n) is 5.90. The molecule has 2 heterocycles. The summed E-state index contributed by atoms with van der Waals surface area (Å²) < 4.78 is 2.37.